The van der Waals surface area contributed by atoms with Gasteiger partial charge in [0.05, 0.1) is 0 Å². The Morgan fingerprint density at radius 2 is 1.67 bits per heavy atom. The van der Waals surface area contributed by atoms with E-state index < -0.39 is 0 Å². The lowest BCUT2D eigenvalue weighted by Crippen LogP contribution is -2.34. The molecule has 0 saturated carbocycles. The Morgan fingerprint density at radius 1 is 1.06 bits per heavy atom. The summed E-state index contributed by atoms with van der Waals surface area (Å²) in [6.45, 7) is 13.0. The van der Waals surface area contributed by atoms with Crippen molar-refractivity contribution in [2.45, 2.75) is 73.1 Å². The molecule has 18 heavy (non-hydrogen) atoms. The Kier molecular flexibility index (Phi) is 10.1. The minimum absolute atomic E-state index is 0.362. The quantitative estimate of drug-likeness (QED) is 0.563. The number of unbranched alkanes of at least 4 members (excludes halogenated alkanes) is 1. The van der Waals surface area contributed by atoms with Gasteiger partial charge in [0, 0.05) is 19.5 Å². The van der Waals surface area contributed by atoms with Gasteiger partial charge in [0.2, 0.25) is 5.91 Å². The van der Waals surface area contributed by atoms with Crippen LogP contribution in [-0.4, -0.2) is 23.9 Å². The second-order valence-electron chi connectivity index (χ2n) is 5.97. The highest BCUT2D eigenvalue weighted by Crippen LogP contribution is 2.11. The van der Waals surface area contributed by atoms with E-state index in [4.69, 9.17) is 0 Å². The third-order valence-corrected chi connectivity index (χ3v) is 3.66. The van der Waals surface area contributed by atoms with Crippen LogP contribution in [0.15, 0.2) is 0 Å². The molecule has 0 fully saturated rings. The summed E-state index contributed by atoms with van der Waals surface area (Å²) < 4.78 is 0. The molecule has 0 aliphatic rings. The van der Waals surface area contributed by atoms with Crippen molar-refractivity contribution >= 4 is 5.91 Å². The van der Waals surface area contributed by atoms with Gasteiger partial charge in [-0.3, -0.25) is 4.79 Å². The van der Waals surface area contributed by atoms with Gasteiger partial charge in [-0.1, -0.05) is 47.5 Å². The van der Waals surface area contributed by atoms with Crippen LogP contribution in [0.1, 0.15) is 73.1 Å². The molecular formula is C16H33NO. The molecule has 0 aromatic heterocycles. The minimum Gasteiger partial charge on any atom is -0.343 e. The Bertz CT molecular complexity index is 213. The molecule has 0 aromatic rings. The highest BCUT2D eigenvalue weighted by atomic mass is 16.2. The Labute approximate surface area is 114 Å². The van der Waals surface area contributed by atoms with E-state index in [1.54, 1.807) is 0 Å². The van der Waals surface area contributed by atoms with Gasteiger partial charge in [-0.2, -0.15) is 0 Å². The standard InChI is InChI=1S/C16H33NO/c1-6-8-9-16(18)17(12-10-14(3)4)13-11-15(5)7-2/h14-15H,6-13H2,1-5H3. The molecule has 0 N–H and O–H groups in total. The first-order chi connectivity index (χ1) is 8.51. The molecule has 0 bridgehead atoms. The van der Waals surface area contributed by atoms with E-state index in [9.17, 15) is 4.79 Å². The zero-order valence-corrected chi connectivity index (χ0v) is 13.2. The van der Waals surface area contributed by atoms with Crippen molar-refractivity contribution in [1.82, 2.24) is 4.90 Å². The summed E-state index contributed by atoms with van der Waals surface area (Å²) in [5, 5.41) is 0. The van der Waals surface area contributed by atoms with E-state index in [1.165, 1.54) is 6.42 Å². The summed E-state index contributed by atoms with van der Waals surface area (Å²) in [6.07, 6.45) is 6.34. The molecule has 0 aliphatic heterocycles. The Morgan fingerprint density at radius 3 is 2.17 bits per heavy atom. The van der Waals surface area contributed by atoms with Crippen LogP contribution < -0.4 is 0 Å². The van der Waals surface area contributed by atoms with Crippen LogP contribution in [0.25, 0.3) is 0 Å². The fourth-order valence-corrected chi connectivity index (χ4v) is 1.84. The fourth-order valence-electron chi connectivity index (χ4n) is 1.84. The zero-order chi connectivity index (χ0) is 14.0. The third-order valence-electron chi connectivity index (χ3n) is 3.66. The molecule has 0 rings (SSSR count). The van der Waals surface area contributed by atoms with Gasteiger partial charge in [-0.05, 0) is 31.1 Å². The highest BCUT2D eigenvalue weighted by Gasteiger charge is 2.14. The van der Waals surface area contributed by atoms with Crippen molar-refractivity contribution < 1.29 is 4.79 Å². The van der Waals surface area contributed by atoms with E-state index in [0.29, 0.717) is 11.8 Å². The van der Waals surface area contributed by atoms with Crippen molar-refractivity contribution in [2.24, 2.45) is 11.8 Å². The van der Waals surface area contributed by atoms with Gasteiger partial charge < -0.3 is 4.90 Å². The molecule has 0 saturated heterocycles. The van der Waals surface area contributed by atoms with E-state index >= 15 is 0 Å². The van der Waals surface area contributed by atoms with Crippen LogP contribution in [0.5, 0.6) is 0 Å². The number of hydrogen-bond acceptors (Lipinski definition) is 1. The minimum atomic E-state index is 0.362. The van der Waals surface area contributed by atoms with Crippen molar-refractivity contribution in [3.8, 4) is 0 Å². The second-order valence-corrected chi connectivity index (χ2v) is 5.97. The molecule has 2 nitrogen and oxygen atoms in total. The summed E-state index contributed by atoms with van der Waals surface area (Å²) in [7, 11) is 0. The van der Waals surface area contributed by atoms with Crippen LogP contribution in [0, 0.1) is 11.8 Å². The summed E-state index contributed by atoms with van der Waals surface area (Å²) in [4.78, 5) is 14.2. The predicted octanol–water partition coefficient (Wildman–Crippen LogP) is 4.49. The number of carbonyl (C=O) groups excluding carboxylic acids is 1. The molecule has 1 atom stereocenters. The fraction of sp³-hybridized carbons (Fsp3) is 0.938. The number of nitrogens with zero attached hydrogens (tertiary/aromatic N) is 1. The predicted molar refractivity (Wildman–Crippen MR) is 79.6 cm³/mol. The third kappa shape index (κ3) is 8.54. The average Bonchev–Trinajstić information content (AvgIpc) is 2.35. The zero-order valence-electron chi connectivity index (χ0n) is 13.2. The van der Waals surface area contributed by atoms with Gasteiger partial charge in [0.1, 0.15) is 0 Å². The maximum atomic E-state index is 12.1. The van der Waals surface area contributed by atoms with Gasteiger partial charge in [0.15, 0.2) is 0 Å². The molecule has 0 aliphatic carbocycles. The first-order valence-electron chi connectivity index (χ1n) is 7.78. The van der Waals surface area contributed by atoms with Crippen LogP contribution in [0.3, 0.4) is 0 Å². The summed E-state index contributed by atoms with van der Waals surface area (Å²) in [5.41, 5.74) is 0. The first kappa shape index (κ1) is 17.5. The van der Waals surface area contributed by atoms with E-state index in [-0.39, 0.29) is 0 Å². The SMILES string of the molecule is CCCCC(=O)N(CCC(C)C)CCC(C)CC. The maximum absolute atomic E-state index is 12.1. The van der Waals surface area contributed by atoms with Crippen molar-refractivity contribution in [1.29, 1.82) is 0 Å². The molecule has 0 heterocycles. The Balaban J connectivity index is 4.18. The van der Waals surface area contributed by atoms with Crippen molar-refractivity contribution in [3.05, 3.63) is 0 Å². The average molecular weight is 255 g/mol. The smallest absolute Gasteiger partial charge is 0.222 e. The van der Waals surface area contributed by atoms with Crippen molar-refractivity contribution in [2.75, 3.05) is 13.1 Å². The van der Waals surface area contributed by atoms with Crippen molar-refractivity contribution in [3.63, 3.8) is 0 Å². The molecular weight excluding hydrogens is 222 g/mol. The molecule has 108 valence electrons. The van der Waals surface area contributed by atoms with Crippen LogP contribution in [0.2, 0.25) is 0 Å². The van der Waals surface area contributed by atoms with Gasteiger partial charge in [-0.15, -0.1) is 0 Å². The summed E-state index contributed by atoms with van der Waals surface area (Å²) in [6, 6.07) is 0. The lowest BCUT2D eigenvalue weighted by Gasteiger charge is -2.25. The number of amides is 1. The summed E-state index contributed by atoms with van der Waals surface area (Å²) in [5.74, 6) is 1.77. The first-order valence-corrected chi connectivity index (χ1v) is 7.78. The monoisotopic (exact) mass is 255 g/mol. The van der Waals surface area contributed by atoms with E-state index in [1.807, 2.05) is 0 Å². The number of carbonyl (C=O) groups is 1. The van der Waals surface area contributed by atoms with Crippen LogP contribution in [-0.2, 0) is 4.79 Å². The number of hydrogen-bond donors (Lipinski definition) is 0. The lowest BCUT2D eigenvalue weighted by molar-refractivity contribution is -0.131. The molecule has 1 amide bonds. The Hall–Kier alpha value is -0.530. The molecule has 2 heteroatoms. The van der Waals surface area contributed by atoms with Gasteiger partial charge in [0.25, 0.3) is 0 Å². The van der Waals surface area contributed by atoms with Crippen LogP contribution in [0.4, 0.5) is 0 Å². The van der Waals surface area contributed by atoms with E-state index in [2.05, 4.69) is 39.5 Å². The normalized spacial score (nSPS) is 12.8. The van der Waals surface area contributed by atoms with Gasteiger partial charge >= 0.3 is 0 Å². The molecule has 0 spiro atoms. The molecule has 0 radical (unpaired) electrons. The maximum Gasteiger partial charge on any atom is 0.222 e. The largest absolute Gasteiger partial charge is 0.343 e. The lowest BCUT2D eigenvalue weighted by atomic mass is 10.0. The summed E-state index contributed by atoms with van der Waals surface area (Å²) >= 11 is 0. The highest BCUT2D eigenvalue weighted by molar-refractivity contribution is 5.76. The van der Waals surface area contributed by atoms with Gasteiger partial charge in [-0.25, -0.2) is 0 Å². The molecule has 0 aromatic carbocycles. The van der Waals surface area contributed by atoms with Crippen LogP contribution >= 0.6 is 0 Å². The molecule has 1 unspecified atom stereocenters. The number of rotatable bonds is 10. The topological polar surface area (TPSA) is 20.3 Å². The second kappa shape index (κ2) is 10.4. The van der Waals surface area contributed by atoms with E-state index in [0.717, 1.165) is 51.1 Å².